The van der Waals surface area contributed by atoms with E-state index in [9.17, 15) is 4.39 Å². The first-order valence-corrected chi connectivity index (χ1v) is 7.69. The Bertz CT molecular complexity index is 603. The van der Waals surface area contributed by atoms with Crippen molar-refractivity contribution in [2.75, 3.05) is 5.32 Å². The average Bonchev–Trinajstić information content (AvgIpc) is 2.39. The molecule has 0 saturated heterocycles. The highest BCUT2D eigenvalue weighted by Crippen LogP contribution is 2.39. The van der Waals surface area contributed by atoms with Crippen LogP contribution in [0, 0.1) is 12.7 Å². The molecule has 0 spiro atoms. The Morgan fingerprint density at radius 3 is 2.50 bits per heavy atom. The SMILES string of the molecule is Cc1ccc(Br)cc1NC1CC(c2ccc(F)cc2)C1. The Kier molecular flexibility index (Phi) is 3.79. The zero-order valence-corrected chi connectivity index (χ0v) is 13.0. The number of hydrogen-bond acceptors (Lipinski definition) is 1. The fourth-order valence-electron chi connectivity index (χ4n) is 2.71. The highest BCUT2D eigenvalue weighted by molar-refractivity contribution is 9.10. The lowest BCUT2D eigenvalue weighted by atomic mass is 9.76. The van der Waals surface area contributed by atoms with E-state index in [1.165, 1.54) is 16.8 Å². The van der Waals surface area contributed by atoms with Gasteiger partial charge in [-0.2, -0.15) is 0 Å². The number of aryl methyl sites for hydroxylation is 1. The third-order valence-corrected chi connectivity index (χ3v) is 4.53. The van der Waals surface area contributed by atoms with E-state index < -0.39 is 0 Å². The monoisotopic (exact) mass is 333 g/mol. The topological polar surface area (TPSA) is 12.0 Å². The van der Waals surface area contributed by atoms with Crippen LogP contribution in [0.15, 0.2) is 46.9 Å². The highest BCUT2D eigenvalue weighted by atomic mass is 79.9. The number of rotatable bonds is 3. The van der Waals surface area contributed by atoms with Gasteiger partial charge in [0.1, 0.15) is 5.82 Å². The van der Waals surface area contributed by atoms with Gasteiger partial charge in [0.25, 0.3) is 0 Å². The van der Waals surface area contributed by atoms with Gasteiger partial charge in [-0.05, 0) is 61.1 Å². The van der Waals surface area contributed by atoms with Gasteiger partial charge < -0.3 is 5.32 Å². The minimum atomic E-state index is -0.160. The fraction of sp³-hybridized carbons (Fsp3) is 0.294. The second kappa shape index (κ2) is 5.57. The van der Waals surface area contributed by atoms with Crippen molar-refractivity contribution in [3.8, 4) is 0 Å². The van der Waals surface area contributed by atoms with Gasteiger partial charge in [-0.1, -0.05) is 34.1 Å². The normalized spacial score (nSPS) is 21.4. The van der Waals surface area contributed by atoms with Gasteiger partial charge in [0.15, 0.2) is 0 Å². The van der Waals surface area contributed by atoms with Crippen LogP contribution in [-0.4, -0.2) is 6.04 Å². The lowest BCUT2D eigenvalue weighted by molar-refractivity contribution is 0.373. The lowest BCUT2D eigenvalue weighted by Gasteiger charge is -2.37. The Balaban J connectivity index is 1.60. The number of halogens is 2. The summed E-state index contributed by atoms with van der Waals surface area (Å²) in [6, 6.07) is 13.7. The maximum Gasteiger partial charge on any atom is 0.123 e. The predicted octanol–water partition coefficient (Wildman–Crippen LogP) is 5.25. The van der Waals surface area contributed by atoms with Crippen molar-refractivity contribution in [3.63, 3.8) is 0 Å². The third kappa shape index (κ3) is 2.88. The number of nitrogens with one attached hydrogen (secondary N) is 1. The van der Waals surface area contributed by atoms with Crippen LogP contribution < -0.4 is 5.32 Å². The molecule has 1 fully saturated rings. The van der Waals surface area contributed by atoms with Crippen LogP contribution in [0.2, 0.25) is 0 Å². The average molecular weight is 334 g/mol. The van der Waals surface area contributed by atoms with Crippen molar-refractivity contribution in [2.45, 2.75) is 31.7 Å². The number of benzene rings is 2. The summed E-state index contributed by atoms with van der Waals surface area (Å²) in [5, 5.41) is 3.59. The van der Waals surface area contributed by atoms with Crippen molar-refractivity contribution in [1.29, 1.82) is 0 Å². The summed E-state index contributed by atoms with van der Waals surface area (Å²) in [6.07, 6.45) is 2.22. The zero-order chi connectivity index (χ0) is 14.1. The van der Waals surface area contributed by atoms with Crippen LogP contribution in [-0.2, 0) is 0 Å². The van der Waals surface area contributed by atoms with Crippen molar-refractivity contribution in [2.24, 2.45) is 0 Å². The molecule has 0 aromatic heterocycles. The van der Waals surface area contributed by atoms with Gasteiger partial charge in [-0.3, -0.25) is 0 Å². The van der Waals surface area contributed by atoms with Crippen LogP contribution in [0.3, 0.4) is 0 Å². The zero-order valence-electron chi connectivity index (χ0n) is 11.4. The Labute approximate surface area is 127 Å². The van der Waals surface area contributed by atoms with Crippen molar-refractivity contribution >= 4 is 21.6 Å². The Hall–Kier alpha value is -1.35. The molecule has 2 aromatic rings. The first-order valence-electron chi connectivity index (χ1n) is 6.90. The van der Waals surface area contributed by atoms with E-state index in [1.807, 2.05) is 12.1 Å². The summed E-state index contributed by atoms with van der Waals surface area (Å²) in [4.78, 5) is 0. The fourth-order valence-corrected chi connectivity index (χ4v) is 3.07. The maximum atomic E-state index is 12.9. The van der Waals surface area contributed by atoms with Crippen molar-refractivity contribution < 1.29 is 4.39 Å². The molecule has 0 bridgehead atoms. The predicted molar refractivity (Wildman–Crippen MR) is 84.7 cm³/mol. The maximum absolute atomic E-state index is 12.9. The lowest BCUT2D eigenvalue weighted by Crippen LogP contribution is -2.34. The molecule has 0 amide bonds. The Morgan fingerprint density at radius 2 is 1.80 bits per heavy atom. The van der Waals surface area contributed by atoms with E-state index in [-0.39, 0.29) is 5.82 Å². The summed E-state index contributed by atoms with van der Waals surface area (Å²) < 4.78 is 14.0. The van der Waals surface area contributed by atoms with E-state index in [1.54, 1.807) is 12.1 Å². The Morgan fingerprint density at radius 1 is 1.10 bits per heavy atom. The molecule has 1 N–H and O–H groups in total. The molecule has 1 nitrogen and oxygen atoms in total. The van der Waals surface area contributed by atoms with Crippen LogP contribution in [0.25, 0.3) is 0 Å². The first-order chi connectivity index (χ1) is 9.61. The highest BCUT2D eigenvalue weighted by Gasteiger charge is 2.30. The summed E-state index contributed by atoms with van der Waals surface area (Å²) >= 11 is 3.51. The van der Waals surface area contributed by atoms with Gasteiger partial charge in [0.2, 0.25) is 0 Å². The van der Waals surface area contributed by atoms with Crippen LogP contribution in [0.5, 0.6) is 0 Å². The van der Waals surface area contributed by atoms with Crippen molar-refractivity contribution in [1.82, 2.24) is 0 Å². The minimum absolute atomic E-state index is 0.160. The standard InChI is InChI=1S/C17H17BrFN/c1-11-2-5-14(18)10-17(11)20-16-8-13(9-16)12-3-6-15(19)7-4-12/h2-7,10,13,16,20H,8-9H2,1H3. The molecule has 1 saturated carbocycles. The minimum Gasteiger partial charge on any atom is -0.382 e. The van der Waals surface area contributed by atoms with Gasteiger partial charge in [-0.15, -0.1) is 0 Å². The van der Waals surface area contributed by atoms with Gasteiger partial charge in [0.05, 0.1) is 0 Å². The molecule has 2 aromatic carbocycles. The van der Waals surface area contributed by atoms with E-state index in [0.717, 1.165) is 17.3 Å². The molecule has 104 valence electrons. The molecule has 1 aliphatic rings. The molecule has 20 heavy (non-hydrogen) atoms. The van der Waals surface area contributed by atoms with Crippen LogP contribution in [0.1, 0.15) is 29.9 Å². The molecule has 0 radical (unpaired) electrons. The molecular weight excluding hydrogens is 317 g/mol. The van der Waals surface area contributed by atoms with Gasteiger partial charge in [-0.25, -0.2) is 4.39 Å². The molecule has 3 rings (SSSR count). The van der Waals surface area contributed by atoms with Crippen LogP contribution in [0.4, 0.5) is 10.1 Å². The van der Waals surface area contributed by atoms with E-state index >= 15 is 0 Å². The molecule has 1 aliphatic carbocycles. The molecule has 0 unspecified atom stereocenters. The second-order valence-corrected chi connectivity index (χ2v) is 6.44. The van der Waals surface area contributed by atoms with E-state index in [4.69, 9.17) is 0 Å². The molecule has 0 atom stereocenters. The number of anilines is 1. The quantitative estimate of drug-likeness (QED) is 0.808. The summed E-state index contributed by atoms with van der Waals surface area (Å²) in [6.45, 7) is 2.12. The number of hydrogen-bond donors (Lipinski definition) is 1. The van der Waals surface area contributed by atoms with E-state index in [0.29, 0.717) is 12.0 Å². The second-order valence-electron chi connectivity index (χ2n) is 5.52. The molecular formula is C17H17BrFN. The van der Waals surface area contributed by atoms with E-state index in [2.05, 4.69) is 46.4 Å². The molecule has 0 heterocycles. The largest absolute Gasteiger partial charge is 0.382 e. The molecule has 3 heteroatoms. The van der Waals surface area contributed by atoms with Crippen LogP contribution >= 0.6 is 15.9 Å². The summed E-state index contributed by atoms with van der Waals surface area (Å²) in [5.74, 6) is 0.396. The van der Waals surface area contributed by atoms with Gasteiger partial charge >= 0.3 is 0 Å². The third-order valence-electron chi connectivity index (χ3n) is 4.04. The summed E-state index contributed by atoms with van der Waals surface area (Å²) in [5.41, 5.74) is 3.70. The van der Waals surface area contributed by atoms with Crippen molar-refractivity contribution in [3.05, 3.63) is 63.9 Å². The smallest absolute Gasteiger partial charge is 0.123 e. The first kappa shape index (κ1) is 13.6. The molecule has 0 aliphatic heterocycles. The summed E-state index contributed by atoms with van der Waals surface area (Å²) in [7, 11) is 0. The van der Waals surface area contributed by atoms with Gasteiger partial charge in [0, 0.05) is 16.2 Å².